The highest BCUT2D eigenvalue weighted by Gasteiger charge is 1.94. The zero-order valence-electron chi connectivity index (χ0n) is 7.97. The van der Waals surface area contributed by atoms with Crippen molar-refractivity contribution in [1.82, 2.24) is 4.98 Å². The van der Waals surface area contributed by atoms with E-state index in [-0.39, 0.29) is 5.91 Å². The lowest BCUT2D eigenvalue weighted by atomic mass is 10.4. The van der Waals surface area contributed by atoms with Gasteiger partial charge in [0.2, 0.25) is 5.91 Å². The van der Waals surface area contributed by atoms with Crippen molar-refractivity contribution >= 4 is 27.5 Å². The van der Waals surface area contributed by atoms with Crippen molar-refractivity contribution in [3.63, 3.8) is 0 Å². The first kappa shape index (κ1) is 12.1. The Balaban J connectivity index is 0.000000671. The number of nitrogens with one attached hydrogen (secondary N) is 1. The molecular weight excluding hydrogens is 232 g/mol. The Morgan fingerprint density at radius 3 is 2.54 bits per heavy atom. The molecule has 0 saturated carbocycles. The zero-order chi connectivity index (χ0) is 10.3. The number of carbonyl (C=O) groups excluding carboxylic acids is 1. The number of aromatic nitrogens is 1. The van der Waals surface area contributed by atoms with Gasteiger partial charge in [0.1, 0.15) is 0 Å². The predicted molar refractivity (Wildman–Crippen MR) is 57.6 cm³/mol. The van der Waals surface area contributed by atoms with Crippen molar-refractivity contribution in [2.75, 3.05) is 5.32 Å². The normalized spacial score (nSPS) is 8.31. The molecule has 0 atom stereocenters. The largest absolute Gasteiger partial charge is 0.325 e. The molecule has 0 aliphatic carbocycles. The summed E-state index contributed by atoms with van der Waals surface area (Å²) in [7, 11) is 0. The van der Waals surface area contributed by atoms with E-state index in [1.54, 1.807) is 18.5 Å². The molecule has 3 nitrogen and oxygen atoms in total. The Kier molecular flexibility index (Phi) is 6.14. The third-order valence-corrected chi connectivity index (χ3v) is 1.46. The number of hydrogen-bond acceptors (Lipinski definition) is 2. The van der Waals surface area contributed by atoms with Gasteiger partial charge in [0.05, 0.1) is 11.9 Å². The molecule has 0 aromatic carbocycles. The van der Waals surface area contributed by atoms with Gasteiger partial charge in [-0.1, -0.05) is 13.8 Å². The van der Waals surface area contributed by atoms with Crippen LogP contribution in [-0.2, 0) is 4.79 Å². The summed E-state index contributed by atoms with van der Waals surface area (Å²) in [6, 6.07) is 1.79. The molecule has 0 unspecified atom stereocenters. The van der Waals surface area contributed by atoms with Gasteiger partial charge in [-0.2, -0.15) is 0 Å². The molecule has 1 N–H and O–H groups in total. The summed E-state index contributed by atoms with van der Waals surface area (Å²) in [5.74, 6) is -0.0927. The van der Waals surface area contributed by atoms with E-state index in [0.717, 1.165) is 4.47 Å². The Morgan fingerprint density at radius 1 is 1.46 bits per heavy atom. The number of rotatable bonds is 1. The number of pyridine rings is 1. The molecule has 13 heavy (non-hydrogen) atoms. The highest BCUT2D eigenvalue weighted by atomic mass is 79.9. The van der Waals surface area contributed by atoms with Gasteiger partial charge >= 0.3 is 0 Å². The fourth-order valence-corrected chi connectivity index (χ4v) is 1.05. The molecule has 0 saturated heterocycles. The van der Waals surface area contributed by atoms with Gasteiger partial charge in [-0.15, -0.1) is 0 Å². The zero-order valence-corrected chi connectivity index (χ0v) is 9.55. The summed E-state index contributed by atoms with van der Waals surface area (Å²) in [4.78, 5) is 14.4. The van der Waals surface area contributed by atoms with Crippen molar-refractivity contribution in [3.05, 3.63) is 22.9 Å². The number of nitrogens with zero attached hydrogens (tertiary/aromatic N) is 1. The van der Waals surface area contributed by atoms with Crippen LogP contribution in [0.2, 0.25) is 0 Å². The summed E-state index contributed by atoms with van der Waals surface area (Å²) >= 11 is 3.24. The first-order valence-electron chi connectivity index (χ1n) is 4.06. The van der Waals surface area contributed by atoms with Gasteiger partial charge in [-0.05, 0) is 22.0 Å². The number of anilines is 1. The van der Waals surface area contributed by atoms with Crippen LogP contribution in [0.1, 0.15) is 20.8 Å². The van der Waals surface area contributed by atoms with E-state index in [1.165, 1.54) is 6.92 Å². The monoisotopic (exact) mass is 244 g/mol. The number of hydrogen-bond donors (Lipinski definition) is 1. The standard InChI is InChI=1S/C7H7BrN2O.C2H6/c1-5(11)10-7-2-6(8)3-9-4-7;1-2/h2-4H,1H3,(H,10,11);1-2H3. The Labute approximate surface area is 86.7 Å². The average Bonchev–Trinajstić information content (AvgIpc) is 2.06. The Morgan fingerprint density at radius 2 is 2.08 bits per heavy atom. The van der Waals surface area contributed by atoms with Crippen molar-refractivity contribution in [2.45, 2.75) is 20.8 Å². The van der Waals surface area contributed by atoms with E-state index in [4.69, 9.17) is 0 Å². The number of halogens is 1. The molecule has 4 heteroatoms. The van der Waals surface area contributed by atoms with Crippen LogP contribution >= 0.6 is 15.9 Å². The SMILES string of the molecule is CC.CC(=O)Nc1cncc(Br)c1. The van der Waals surface area contributed by atoms with Crippen molar-refractivity contribution < 1.29 is 4.79 Å². The molecule has 0 radical (unpaired) electrons. The van der Waals surface area contributed by atoms with E-state index in [0.29, 0.717) is 5.69 Å². The van der Waals surface area contributed by atoms with Crippen molar-refractivity contribution in [2.24, 2.45) is 0 Å². The predicted octanol–water partition coefficient (Wildman–Crippen LogP) is 2.83. The van der Waals surface area contributed by atoms with Crippen LogP contribution in [0.15, 0.2) is 22.9 Å². The molecule has 0 fully saturated rings. The van der Waals surface area contributed by atoms with Gasteiger partial charge < -0.3 is 5.32 Å². The lowest BCUT2D eigenvalue weighted by molar-refractivity contribution is -0.114. The van der Waals surface area contributed by atoms with Crippen LogP contribution in [0.4, 0.5) is 5.69 Å². The van der Waals surface area contributed by atoms with Gasteiger partial charge in [0.25, 0.3) is 0 Å². The molecule has 1 aromatic heterocycles. The third kappa shape index (κ3) is 5.36. The summed E-state index contributed by atoms with van der Waals surface area (Å²) in [6.07, 6.45) is 3.25. The molecule has 1 amide bonds. The van der Waals surface area contributed by atoms with Crippen LogP contribution in [0.5, 0.6) is 0 Å². The second-order valence-electron chi connectivity index (χ2n) is 2.07. The first-order valence-corrected chi connectivity index (χ1v) is 4.86. The molecule has 72 valence electrons. The quantitative estimate of drug-likeness (QED) is 0.826. The average molecular weight is 245 g/mol. The third-order valence-electron chi connectivity index (χ3n) is 1.03. The molecule has 0 spiro atoms. The topological polar surface area (TPSA) is 42.0 Å². The van der Waals surface area contributed by atoms with E-state index in [1.807, 2.05) is 13.8 Å². The Bertz CT molecular complexity index is 276. The maximum atomic E-state index is 10.6. The van der Waals surface area contributed by atoms with Crippen LogP contribution in [0.25, 0.3) is 0 Å². The second kappa shape index (κ2) is 6.60. The van der Waals surface area contributed by atoms with E-state index in [2.05, 4.69) is 26.2 Å². The summed E-state index contributed by atoms with van der Waals surface area (Å²) < 4.78 is 0.851. The van der Waals surface area contributed by atoms with Gasteiger partial charge in [-0.25, -0.2) is 0 Å². The lowest BCUT2D eigenvalue weighted by Crippen LogP contribution is -2.05. The second-order valence-corrected chi connectivity index (χ2v) is 2.99. The molecule has 1 heterocycles. The minimum absolute atomic E-state index is 0.0927. The van der Waals surface area contributed by atoms with Crippen molar-refractivity contribution in [3.8, 4) is 0 Å². The summed E-state index contributed by atoms with van der Waals surface area (Å²) in [5, 5.41) is 2.61. The van der Waals surface area contributed by atoms with E-state index in [9.17, 15) is 4.79 Å². The van der Waals surface area contributed by atoms with Crippen LogP contribution in [0.3, 0.4) is 0 Å². The minimum atomic E-state index is -0.0927. The molecule has 1 aromatic rings. The molecule has 0 bridgehead atoms. The van der Waals surface area contributed by atoms with Crippen LogP contribution < -0.4 is 5.32 Å². The van der Waals surface area contributed by atoms with Crippen LogP contribution in [-0.4, -0.2) is 10.9 Å². The molecule has 0 aliphatic rings. The van der Waals surface area contributed by atoms with E-state index >= 15 is 0 Å². The molecule has 1 rings (SSSR count). The van der Waals surface area contributed by atoms with Gasteiger partial charge in [0, 0.05) is 17.6 Å². The highest BCUT2D eigenvalue weighted by Crippen LogP contribution is 2.12. The van der Waals surface area contributed by atoms with Gasteiger partial charge in [0.15, 0.2) is 0 Å². The molecular formula is C9H13BrN2O. The minimum Gasteiger partial charge on any atom is -0.325 e. The molecule has 0 aliphatic heterocycles. The fraction of sp³-hybridized carbons (Fsp3) is 0.333. The van der Waals surface area contributed by atoms with Gasteiger partial charge in [-0.3, -0.25) is 9.78 Å². The smallest absolute Gasteiger partial charge is 0.221 e. The van der Waals surface area contributed by atoms with Crippen LogP contribution in [0, 0.1) is 0 Å². The highest BCUT2D eigenvalue weighted by molar-refractivity contribution is 9.10. The number of carbonyl (C=O) groups is 1. The maximum Gasteiger partial charge on any atom is 0.221 e. The maximum absolute atomic E-state index is 10.6. The summed E-state index contributed by atoms with van der Waals surface area (Å²) in [6.45, 7) is 5.46. The fourth-order valence-electron chi connectivity index (χ4n) is 0.683. The lowest BCUT2D eigenvalue weighted by Gasteiger charge is -1.99. The summed E-state index contributed by atoms with van der Waals surface area (Å²) in [5.41, 5.74) is 0.701. The van der Waals surface area contributed by atoms with E-state index < -0.39 is 0 Å². The van der Waals surface area contributed by atoms with Crippen molar-refractivity contribution in [1.29, 1.82) is 0 Å². The first-order chi connectivity index (χ1) is 6.18. The Hall–Kier alpha value is -0.900. The number of amides is 1.